The van der Waals surface area contributed by atoms with Crippen molar-refractivity contribution in [1.82, 2.24) is 4.90 Å². The maximum absolute atomic E-state index is 14.2. The number of hydrogen-bond acceptors (Lipinski definition) is 3. The van der Waals surface area contributed by atoms with Gasteiger partial charge in [-0.15, -0.1) is 0 Å². The van der Waals surface area contributed by atoms with Crippen LogP contribution in [-0.4, -0.2) is 22.4 Å². The second-order valence-corrected chi connectivity index (χ2v) is 5.80. The van der Waals surface area contributed by atoms with Crippen LogP contribution in [0.2, 0.25) is 0 Å². The molecule has 0 aliphatic carbocycles. The van der Waals surface area contributed by atoms with Gasteiger partial charge in [0, 0.05) is 30.8 Å². The van der Waals surface area contributed by atoms with Crippen LogP contribution in [0.5, 0.6) is 0 Å². The lowest BCUT2D eigenvalue weighted by Gasteiger charge is -2.32. The second kappa shape index (κ2) is 8.08. The molecule has 0 bridgehead atoms. The molecule has 0 aliphatic heterocycles. The maximum atomic E-state index is 14.2. The van der Waals surface area contributed by atoms with Crippen molar-refractivity contribution in [2.75, 3.05) is 6.54 Å². The van der Waals surface area contributed by atoms with Crippen molar-refractivity contribution >= 4 is 5.69 Å². The summed E-state index contributed by atoms with van der Waals surface area (Å²) in [5.41, 5.74) is -0.0432. The van der Waals surface area contributed by atoms with E-state index >= 15 is 0 Å². The number of nitro groups is 1. The summed E-state index contributed by atoms with van der Waals surface area (Å²) >= 11 is 0. The zero-order valence-electron chi connectivity index (χ0n) is 13.3. The standard InChI is InChI=1S/C16H25FN2O2/c1-5-14(6-2)18(10-12(3)4)11-13-8-7-9-15(16(13)17)19(20)21/h7-9,12,14H,5-6,10-11H2,1-4H3. The number of benzene rings is 1. The van der Waals surface area contributed by atoms with E-state index in [0.29, 0.717) is 24.1 Å². The van der Waals surface area contributed by atoms with E-state index in [1.165, 1.54) is 6.07 Å². The normalized spacial score (nSPS) is 11.6. The number of halogens is 1. The number of rotatable bonds is 8. The van der Waals surface area contributed by atoms with Gasteiger partial charge in [-0.25, -0.2) is 0 Å². The van der Waals surface area contributed by atoms with Gasteiger partial charge >= 0.3 is 5.69 Å². The molecule has 0 heterocycles. The van der Waals surface area contributed by atoms with E-state index in [0.717, 1.165) is 19.4 Å². The molecule has 0 atom stereocenters. The zero-order valence-corrected chi connectivity index (χ0v) is 13.3. The smallest absolute Gasteiger partial charge is 0.296 e. The number of nitro benzene ring substituents is 1. The summed E-state index contributed by atoms with van der Waals surface area (Å²) < 4.78 is 14.2. The fraction of sp³-hybridized carbons (Fsp3) is 0.625. The first kappa shape index (κ1) is 17.6. The Morgan fingerprint density at radius 1 is 1.29 bits per heavy atom. The highest BCUT2D eigenvalue weighted by Gasteiger charge is 2.22. The average Bonchev–Trinajstić information content (AvgIpc) is 2.41. The Morgan fingerprint density at radius 2 is 1.90 bits per heavy atom. The van der Waals surface area contributed by atoms with E-state index in [1.54, 1.807) is 12.1 Å². The molecule has 0 N–H and O–H groups in total. The van der Waals surface area contributed by atoms with Crippen LogP contribution in [0.4, 0.5) is 10.1 Å². The fourth-order valence-electron chi connectivity index (χ4n) is 2.66. The summed E-state index contributed by atoms with van der Waals surface area (Å²) in [6.45, 7) is 9.75. The Kier molecular flexibility index (Phi) is 6.75. The van der Waals surface area contributed by atoms with Crippen LogP contribution in [0, 0.1) is 21.8 Å². The van der Waals surface area contributed by atoms with Crippen molar-refractivity contribution < 1.29 is 9.31 Å². The van der Waals surface area contributed by atoms with Crippen LogP contribution in [0.1, 0.15) is 46.1 Å². The summed E-state index contributed by atoms with van der Waals surface area (Å²) in [7, 11) is 0. The minimum absolute atomic E-state index is 0.367. The summed E-state index contributed by atoms with van der Waals surface area (Å²) in [5.74, 6) is -0.241. The Bertz CT molecular complexity index is 473. The van der Waals surface area contributed by atoms with E-state index in [1.807, 2.05) is 0 Å². The second-order valence-electron chi connectivity index (χ2n) is 5.80. The third-order valence-corrected chi connectivity index (χ3v) is 3.69. The first-order valence-corrected chi connectivity index (χ1v) is 7.56. The van der Waals surface area contributed by atoms with E-state index in [4.69, 9.17) is 0 Å². The van der Waals surface area contributed by atoms with Gasteiger partial charge < -0.3 is 0 Å². The van der Waals surface area contributed by atoms with Crippen molar-refractivity contribution in [3.63, 3.8) is 0 Å². The quantitative estimate of drug-likeness (QED) is 0.528. The van der Waals surface area contributed by atoms with Gasteiger partial charge in [0.1, 0.15) is 0 Å². The van der Waals surface area contributed by atoms with Crippen LogP contribution in [0.15, 0.2) is 18.2 Å². The summed E-state index contributed by atoms with van der Waals surface area (Å²) in [6, 6.07) is 4.77. The molecule has 118 valence electrons. The highest BCUT2D eigenvalue weighted by Crippen LogP contribution is 2.23. The molecular weight excluding hydrogens is 271 g/mol. The lowest BCUT2D eigenvalue weighted by atomic mass is 10.1. The molecular formula is C16H25FN2O2. The summed E-state index contributed by atoms with van der Waals surface area (Å²) in [4.78, 5) is 12.4. The molecule has 0 aromatic heterocycles. The zero-order chi connectivity index (χ0) is 16.0. The molecule has 0 amide bonds. The monoisotopic (exact) mass is 296 g/mol. The minimum atomic E-state index is -0.706. The summed E-state index contributed by atoms with van der Waals surface area (Å²) in [5, 5.41) is 10.8. The third-order valence-electron chi connectivity index (χ3n) is 3.69. The van der Waals surface area contributed by atoms with Crippen molar-refractivity contribution in [2.45, 2.75) is 53.1 Å². The predicted octanol–water partition coefficient (Wildman–Crippen LogP) is 4.38. The maximum Gasteiger partial charge on any atom is 0.305 e. The van der Waals surface area contributed by atoms with Crippen molar-refractivity contribution in [3.8, 4) is 0 Å². The molecule has 0 saturated heterocycles. The number of hydrogen-bond donors (Lipinski definition) is 0. The molecule has 1 aromatic carbocycles. The average molecular weight is 296 g/mol. The Labute approximate surface area is 126 Å². The molecule has 0 unspecified atom stereocenters. The van der Waals surface area contributed by atoms with Crippen LogP contribution >= 0.6 is 0 Å². The Morgan fingerprint density at radius 3 is 2.38 bits per heavy atom. The Balaban J connectivity index is 3.03. The van der Waals surface area contributed by atoms with Crippen LogP contribution in [0.25, 0.3) is 0 Å². The van der Waals surface area contributed by atoms with Gasteiger partial charge in [0.15, 0.2) is 0 Å². The van der Waals surface area contributed by atoms with Gasteiger partial charge in [-0.1, -0.05) is 39.8 Å². The molecule has 5 heteroatoms. The van der Waals surface area contributed by atoms with Gasteiger partial charge in [-0.3, -0.25) is 15.0 Å². The molecule has 0 aliphatic rings. The fourth-order valence-corrected chi connectivity index (χ4v) is 2.66. The lowest BCUT2D eigenvalue weighted by Crippen LogP contribution is -2.37. The molecule has 0 fully saturated rings. The van der Waals surface area contributed by atoms with Crippen molar-refractivity contribution in [1.29, 1.82) is 0 Å². The molecule has 1 rings (SSSR count). The van der Waals surface area contributed by atoms with Crippen LogP contribution in [0.3, 0.4) is 0 Å². The first-order chi connectivity index (χ1) is 9.90. The number of nitrogens with zero attached hydrogens (tertiary/aromatic N) is 2. The molecule has 4 nitrogen and oxygen atoms in total. The van der Waals surface area contributed by atoms with Crippen molar-refractivity contribution in [2.24, 2.45) is 5.92 Å². The highest BCUT2D eigenvalue weighted by atomic mass is 19.1. The van der Waals surface area contributed by atoms with E-state index in [9.17, 15) is 14.5 Å². The largest absolute Gasteiger partial charge is 0.305 e. The topological polar surface area (TPSA) is 46.4 Å². The molecule has 1 aromatic rings. The van der Waals surface area contributed by atoms with Gasteiger partial charge in [0.2, 0.25) is 5.82 Å². The minimum Gasteiger partial charge on any atom is -0.296 e. The first-order valence-electron chi connectivity index (χ1n) is 7.56. The molecule has 0 radical (unpaired) electrons. The van der Waals surface area contributed by atoms with Gasteiger partial charge in [0.25, 0.3) is 0 Å². The van der Waals surface area contributed by atoms with Gasteiger partial charge in [0.05, 0.1) is 4.92 Å². The van der Waals surface area contributed by atoms with Crippen molar-refractivity contribution in [3.05, 3.63) is 39.7 Å². The third kappa shape index (κ3) is 4.77. The van der Waals surface area contributed by atoms with E-state index in [-0.39, 0.29) is 0 Å². The van der Waals surface area contributed by atoms with Gasteiger partial charge in [-0.2, -0.15) is 4.39 Å². The summed E-state index contributed by atoms with van der Waals surface area (Å²) in [6.07, 6.45) is 1.97. The van der Waals surface area contributed by atoms with E-state index < -0.39 is 16.4 Å². The van der Waals surface area contributed by atoms with E-state index in [2.05, 4.69) is 32.6 Å². The molecule has 0 saturated carbocycles. The highest BCUT2D eigenvalue weighted by molar-refractivity contribution is 5.36. The SMILES string of the molecule is CCC(CC)N(Cc1cccc([N+](=O)[O-])c1F)CC(C)C. The van der Waals surface area contributed by atoms with Gasteiger partial charge in [-0.05, 0) is 18.8 Å². The molecule has 21 heavy (non-hydrogen) atoms. The lowest BCUT2D eigenvalue weighted by molar-refractivity contribution is -0.387. The Hall–Kier alpha value is -1.49. The molecule has 0 spiro atoms. The predicted molar refractivity (Wildman–Crippen MR) is 82.7 cm³/mol. The van der Waals surface area contributed by atoms with Crippen LogP contribution in [-0.2, 0) is 6.54 Å². The van der Waals surface area contributed by atoms with Crippen LogP contribution < -0.4 is 0 Å².